The minimum absolute atomic E-state index is 0.230. The molecule has 0 radical (unpaired) electrons. The van der Waals surface area contributed by atoms with Gasteiger partial charge in [0.05, 0.1) is 6.21 Å². The number of benzene rings is 1. The maximum absolute atomic E-state index is 5.50. The predicted octanol–water partition coefficient (Wildman–Crippen LogP) is 1.81. The fraction of sp³-hybridized carbons (Fsp3) is 0.0833. The summed E-state index contributed by atoms with van der Waals surface area (Å²) in [5, 5.41) is 4.09. The Balaban J connectivity index is 2.07. The highest BCUT2D eigenvalue weighted by Crippen LogP contribution is 2.10. The van der Waals surface area contributed by atoms with Crippen molar-refractivity contribution in [1.29, 1.82) is 0 Å². The van der Waals surface area contributed by atoms with Crippen LogP contribution in [0.1, 0.15) is 11.1 Å². The summed E-state index contributed by atoms with van der Waals surface area (Å²) < 4.78 is 0. The molecule has 5 nitrogen and oxygen atoms in total. The molecule has 0 bridgehead atoms. The summed E-state index contributed by atoms with van der Waals surface area (Å²) in [7, 11) is 0. The molecule has 2 aromatic rings. The Morgan fingerprint density at radius 3 is 2.82 bits per heavy atom. The first-order valence-electron chi connectivity index (χ1n) is 5.19. The number of nitrogens with zero attached hydrogens (tertiary/aromatic N) is 3. The second-order valence-electron chi connectivity index (χ2n) is 3.54. The summed E-state index contributed by atoms with van der Waals surface area (Å²) >= 11 is 0. The van der Waals surface area contributed by atoms with Crippen molar-refractivity contribution in [3.8, 4) is 0 Å². The van der Waals surface area contributed by atoms with Crippen molar-refractivity contribution >= 4 is 18.0 Å². The van der Waals surface area contributed by atoms with Crippen LogP contribution >= 0.6 is 0 Å². The lowest BCUT2D eigenvalue weighted by molar-refractivity contribution is 1.12. The van der Waals surface area contributed by atoms with Crippen molar-refractivity contribution < 1.29 is 0 Å². The number of hydrazone groups is 1. The van der Waals surface area contributed by atoms with E-state index in [2.05, 4.69) is 20.5 Å². The van der Waals surface area contributed by atoms with Crippen molar-refractivity contribution in [2.75, 3.05) is 11.2 Å². The van der Waals surface area contributed by atoms with E-state index in [4.69, 9.17) is 5.73 Å². The lowest BCUT2D eigenvalue weighted by Gasteiger charge is -2.03. The zero-order chi connectivity index (χ0) is 12.1. The van der Waals surface area contributed by atoms with E-state index in [1.807, 2.05) is 37.3 Å². The van der Waals surface area contributed by atoms with Gasteiger partial charge in [-0.2, -0.15) is 10.1 Å². The number of hydrogen-bond donors (Lipinski definition) is 2. The van der Waals surface area contributed by atoms with E-state index in [0.29, 0.717) is 5.82 Å². The Bertz CT molecular complexity index is 522. The molecule has 3 N–H and O–H groups in total. The van der Waals surface area contributed by atoms with Crippen LogP contribution in [0.15, 0.2) is 41.6 Å². The minimum Gasteiger partial charge on any atom is -0.368 e. The van der Waals surface area contributed by atoms with Crippen molar-refractivity contribution in [1.82, 2.24) is 9.97 Å². The Labute approximate surface area is 99.4 Å². The fourth-order valence-corrected chi connectivity index (χ4v) is 1.28. The van der Waals surface area contributed by atoms with Gasteiger partial charge < -0.3 is 5.73 Å². The summed E-state index contributed by atoms with van der Waals surface area (Å²) in [4.78, 5) is 7.93. The first-order valence-corrected chi connectivity index (χ1v) is 5.19. The van der Waals surface area contributed by atoms with E-state index in [1.165, 1.54) is 0 Å². The van der Waals surface area contributed by atoms with Gasteiger partial charge in [-0.1, -0.05) is 30.3 Å². The number of nitrogens with one attached hydrogen (secondary N) is 1. The lowest BCUT2D eigenvalue weighted by Crippen LogP contribution is -2.01. The Kier molecular flexibility index (Phi) is 3.30. The molecule has 0 aliphatic rings. The normalized spacial score (nSPS) is 10.6. The first-order chi connectivity index (χ1) is 8.25. The molecule has 86 valence electrons. The number of aryl methyl sites for hydroxylation is 1. The van der Waals surface area contributed by atoms with Gasteiger partial charge in [0, 0.05) is 11.8 Å². The van der Waals surface area contributed by atoms with E-state index < -0.39 is 0 Å². The molecule has 0 unspecified atom stereocenters. The standard InChI is InChI=1S/C12H13N5/c1-9-7-14-12(13)16-11(9)17-15-8-10-5-3-2-4-6-10/h2-8H,1H3,(H3,13,14,16,17). The zero-order valence-corrected chi connectivity index (χ0v) is 9.46. The SMILES string of the molecule is Cc1cnc(N)nc1NN=Cc1ccccc1. The number of aromatic nitrogens is 2. The van der Waals surface area contributed by atoms with Gasteiger partial charge in [-0.05, 0) is 12.5 Å². The summed E-state index contributed by atoms with van der Waals surface area (Å²) in [6, 6.07) is 9.79. The van der Waals surface area contributed by atoms with Crippen molar-refractivity contribution in [3.05, 3.63) is 47.7 Å². The van der Waals surface area contributed by atoms with E-state index in [0.717, 1.165) is 11.1 Å². The highest BCUT2D eigenvalue weighted by molar-refractivity contribution is 5.79. The van der Waals surface area contributed by atoms with Crippen LogP contribution in [0.4, 0.5) is 11.8 Å². The van der Waals surface area contributed by atoms with Crippen LogP contribution in [0.5, 0.6) is 0 Å². The van der Waals surface area contributed by atoms with Gasteiger partial charge in [0.2, 0.25) is 5.95 Å². The smallest absolute Gasteiger partial charge is 0.221 e. The highest BCUT2D eigenvalue weighted by atomic mass is 15.3. The quantitative estimate of drug-likeness (QED) is 0.619. The topological polar surface area (TPSA) is 76.2 Å². The average Bonchev–Trinajstić information content (AvgIpc) is 2.35. The Morgan fingerprint density at radius 1 is 1.29 bits per heavy atom. The van der Waals surface area contributed by atoms with E-state index in [9.17, 15) is 0 Å². The van der Waals surface area contributed by atoms with Crippen molar-refractivity contribution in [3.63, 3.8) is 0 Å². The number of nitrogens with two attached hydrogens (primary N) is 1. The van der Waals surface area contributed by atoms with Gasteiger partial charge in [0.15, 0.2) is 5.82 Å². The summed E-state index contributed by atoms with van der Waals surface area (Å²) in [5.41, 5.74) is 10.2. The lowest BCUT2D eigenvalue weighted by atomic mass is 10.2. The van der Waals surface area contributed by atoms with Gasteiger partial charge >= 0.3 is 0 Å². The van der Waals surface area contributed by atoms with Crippen LogP contribution in [0.2, 0.25) is 0 Å². The molecule has 0 atom stereocenters. The van der Waals surface area contributed by atoms with Gasteiger partial charge in [0.1, 0.15) is 0 Å². The number of nitrogen functional groups attached to an aromatic ring is 1. The van der Waals surface area contributed by atoms with Crippen LogP contribution in [-0.2, 0) is 0 Å². The largest absolute Gasteiger partial charge is 0.368 e. The van der Waals surface area contributed by atoms with Gasteiger partial charge in [0.25, 0.3) is 0 Å². The Morgan fingerprint density at radius 2 is 2.06 bits per heavy atom. The van der Waals surface area contributed by atoms with Crippen LogP contribution in [-0.4, -0.2) is 16.2 Å². The molecule has 0 aliphatic carbocycles. The number of rotatable bonds is 3. The van der Waals surface area contributed by atoms with E-state index >= 15 is 0 Å². The molecule has 17 heavy (non-hydrogen) atoms. The molecule has 0 saturated carbocycles. The minimum atomic E-state index is 0.230. The molecular formula is C12H13N5. The monoisotopic (exact) mass is 227 g/mol. The maximum atomic E-state index is 5.50. The highest BCUT2D eigenvalue weighted by Gasteiger charge is 1.99. The first kappa shape index (κ1) is 11.1. The van der Waals surface area contributed by atoms with Gasteiger partial charge in [-0.15, -0.1) is 0 Å². The predicted molar refractivity (Wildman–Crippen MR) is 68.8 cm³/mol. The summed E-state index contributed by atoms with van der Waals surface area (Å²) in [6.07, 6.45) is 3.38. The summed E-state index contributed by atoms with van der Waals surface area (Å²) in [5.74, 6) is 0.845. The molecule has 0 fully saturated rings. The molecular weight excluding hydrogens is 214 g/mol. The van der Waals surface area contributed by atoms with E-state index in [-0.39, 0.29) is 5.95 Å². The van der Waals surface area contributed by atoms with Gasteiger partial charge in [-0.25, -0.2) is 4.98 Å². The van der Waals surface area contributed by atoms with Crippen molar-refractivity contribution in [2.45, 2.75) is 6.92 Å². The Hall–Kier alpha value is -2.43. The van der Waals surface area contributed by atoms with Gasteiger partial charge in [-0.3, -0.25) is 5.43 Å². The third-order valence-corrected chi connectivity index (χ3v) is 2.17. The molecule has 5 heteroatoms. The maximum Gasteiger partial charge on any atom is 0.221 e. The molecule has 1 aromatic heterocycles. The second-order valence-corrected chi connectivity index (χ2v) is 3.54. The van der Waals surface area contributed by atoms with E-state index in [1.54, 1.807) is 12.4 Å². The van der Waals surface area contributed by atoms with Crippen LogP contribution in [0.25, 0.3) is 0 Å². The molecule has 0 spiro atoms. The summed E-state index contributed by atoms with van der Waals surface area (Å²) in [6.45, 7) is 1.89. The van der Waals surface area contributed by atoms with Crippen LogP contribution in [0, 0.1) is 6.92 Å². The molecule has 2 rings (SSSR count). The molecule has 0 saturated heterocycles. The third kappa shape index (κ3) is 3.01. The average molecular weight is 227 g/mol. The molecule has 1 aromatic carbocycles. The zero-order valence-electron chi connectivity index (χ0n) is 9.46. The fourth-order valence-electron chi connectivity index (χ4n) is 1.28. The second kappa shape index (κ2) is 5.07. The van der Waals surface area contributed by atoms with Crippen molar-refractivity contribution in [2.24, 2.45) is 5.10 Å². The number of anilines is 2. The van der Waals surface area contributed by atoms with Crippen LogP contribution in [0.3, 0.4) is 0 Å². The molecule has 0 aliphatic heterocycles. The molecule has 0 amide bonds. The van der Waals surface area contributed by atoms with Crippen LogP contribution < -0.4 is 11.2 Å². The number of hydrogen-bond acceptors (Lipinski definition) is 5. The third-order valence-electron chi connectivity index (χ3n) is 2.17. The molecule has 1 heterocycles.